The predicted octanol–water partition coefficient (Wildman–Crippen LogP) is 5.23. The number of fused-ring (bicyclic) bond motifs is 2. The minimum absolute atomic E-state index is 0.0376. The highest BCUT2D eigenvalue weighted by atomic mass is 28.4. The third-order valence-electron chi connectivity index (χ3n) is 9.53. The van der Waals surface area contributed by atoms with E-state index in [4.69, 9.17) is 14.3 Å². The summed E-state index contributed by atoms with van der Waals surface area (Å²) in [4.78, 5) is 16.8. The molecule has 0 aliphatic carbocycles. The van der Waals surface area contributed by atoms with Crippen molar-refractivity contribution < 1.29 is 14.0 Å². The highest BCUT2D eigenvalue weighted by Crippen LogP contribution is 2.43. The summed E-state index contributed by atoms with van der Waals surface area (Å²) in [7, 11) is -0.0734. The van der Waals surface area contributed by atoms with Crippen LogP contribution in [0, 0.1) is 0 Å². The molecule has 0 spiro atoms. The standard InChI is InChI=1S/C31H44N6O3Si/c1-21(38)35-12-10-29-27(19-35)30(33-37(29)25-11-13-39-20-25)36-18-26(40-41(6,7)31(2,3)4)15-23-14-22(8-9-28(23)36)24-16-32-34(5)17-24/h8-9,14,16-17,25-26H,10-13,15,18-20H2,1-7H3. The van der Waals surface area contributed by atoms with E-state index in [-0.39, 0.29) is 23.1 Å². The number of carbonyl (C=O) groups is 1. The number of amides is 1. The van der Waals surface area contributed by atoms with Crippen LogP contribution in [0.3, 0.4) is 0 Å². The van der Waals surface area contributed by atoms with Crippen LogP contribution in [0.15, 0.2) is 30.6 Å². The van der Waals surface area contributed by atoms with E-state index in [0.717, 1.165) is 61.5 Å². The summed E-state index contributed by atoms with van der Waals surface area (Å²) in [6.45, 7) is 16.7. The van der Waals surface area contributed by atoms with Gasteiger partial charge in [-0.15, -0.1) is 0 Å². The number of aryl methyl sites for hydroxylation is 1. The maximum absolute atomic E-state index is 12.5. The van der Waals surface area contributed by atoms with Gasteiger partial charge in [0.05, 0.1) is 38.0 Å². The molecule has 10 heteroatoms. The largest absolute Gasteiger partial charge is 0.412 e. The quantitative estimate of drug-likeness (QED) is 0.387. The summed E-state index contributed by atoms with van der Waals surface area (Å²) in [5.74, 6) is 1.06. The van der Waals surface area contributed by atoms with Gasteiger partial charge >= 0.3 is 0 Å². The second kappa shape index (κ2) is 10.4. The van der Waals surface area contributed by atoms with E-state index in [2.05, 4.69) is 72.9 Å². The lowest BCUT2D eigenvalue weighted by Gasteiger charge is -2.43. The van der Waals surface area contributed by atoms with Gasteiger partial charge in [-0.1, -0.05) is 26.8 Å². The number of benzene rings is 1. The van der Waals surface area contributed by atoms with E-state index < -0.39 is 8.32 Å². The summed E-state index contributed by atoms with van der Waals surface area (Å²) in [5.41, 5.74) is 7.09. The van der Waals surface area contributed by atoms with E-state index in [1.165, 1.54) is 16.9 Å². The lowest BCUT2D eigenvalue weighted by molar-refractivity contribution is -0.129. The fourth-order valence-electron chi connectivity index (χ4n) is 6.18. The number of hydrogen-bond acceptors (Lipinski definition) is 6. The van der Waals surface area contributed by atoms with Crippen molar-refractivity contribution >= 4 is 25.7 Å². The van der Waals surface area contributed by atoms with E-state index in [0.29, 0.717) is 13.2 Å². The van der Waals surface area contributed by atoms with Crippen molar-refractivity contribution in [2.75, 3.05) is 31.2 Å². The molecule has 0 saturated carbocycles. The third kappa shape index (κ3) is 5.26. The van der Waals surface area contributed by atoms with Gasteiger partial charge in [-0.3, -0.25) is 14.2 Å². The van der Waals surface area contributed by atoms with E-state index in [1.54, 1.807) is 6.92 Å². The molecule has 1 aromatic carbocycles. The number of ether oxygens (including phenoxy) is 1. The van der Waals surface area contributed by atoms with Crippen molar-refractivity contribution in [3.05, 3.63) is 47.4 Å². The molecule has 1 amide bonds. The van der Waals surface area contributed by atoms with Gasteiger partial charge in [0.15, 0.2) is 14.1 Å². The maximum atomic E-state index is 12.5. The van der Waals surface area contributed by atoms with Gasteiger partial charge in [-0.05, 0) is 47.8 Å². The van der Waals surface area contributed by atoms with Gasteiger partial charge in [-0.2, -0.15) is 10.2 Å². The molecule has 0 bridgehead atoms. The topological polar surface area (TPSA) is 77.7 Å². The zero-order valence-corrected chi connectivity index (χ0v) is 26.6. The lowest BCUT2D eigenvalue weighted by Crippen LogP contribution is -2.49. The molecule has 9 nitrogen and oxygen atoms in total. The summed E-state index contributed by atoms with van der Waals surface area (Å²) in [6.07, 6.45) is 6.64. The summed E-state index contributed by atoms with van der Waals surface area (Å²) >= 11 is 0. The molecule has 6 rings (SSSR count). The average molecular weight is 577 g/mol. The van der Waals surface area contributed by atoms with E-state index >= 15 is 0 Å². The molecule has 2 aromatic heterocycles. The first-order chi connectivity index (χ1) is 19.4. The maximum Gasteiger partial charge on any atom is 0.219 e. The fraction of sp³-hybridized carbons (Fsp3) is 0.581. The van der Waals surface area contributed by atoms with Crippen LogP contribution in [0.1, 0.15) is 57.0 Å². The Labute approximate surface area is 244 Å². The molecule has 220 valence electrons. The molecule has 3 aromatic rings. The molecule has 5 heterocycles. The first-order valence-corrected chi connectivity index (χ1v) is 17.8. The van der Waals surface area contributed by atoms with Crippen molar-refractivity contribution in [1.29, 1.82) is 0 Å². The Kier molecular flexibility index (Phi) is 7.15. The van der Waals surface area contributed by atoms with Crippen LogP contribution in [0.5, 0.6) is 0 Å². The highest BCUT2D eigenvalue weighted by molar-refractivity contribution is 6.74. The second-order valence-corrected chi connectivity index (χ2v) is 18.2. The fourth-order valence-corrected chi connectivity index (χ4v) is 7.52. The van der Waals surface area contributed by atoms with Crippen LogP contribution in [-0.4, -0.2) is 71.1 Å². The van der Waals surface area contributed by atoms with Crippen molar-refractivity contribution in [2.45, 2.75) is 83.8 Å². The van der Waals surface area contributed by atoms with Crippen molar-refractivity contribution in [1.82, 2.24) is 24.5 Å². The molecule has 2 unspecified atom stereocenters. The number of aromatic nitrogens is 4. The first kappa shape index (κ1) is 28.2. The molecule has 0 N–H and O–H groups in total. The minimum atomic E-state index is -2.02. The smallest absolute Gasteiger partial charge is 0.219 e. The monoisotopic (exact) mass is 576 g/mol. The molecule has 0 radical (unpaired) electrons. The Hall–Kier alpha value is -2.95. The van der Waals surface area contributed by atoms with Crippen LogP contribution in [0.4, 0.5) is 11.5 Å². The van der Waals surface area contributed by atoms with Gasteiger partial charge in [0.25, 0.3) is 0 Å². The SMILES string of the molecule is CC(=O)N1CCc2c(c(N3CC(O[Si](C)(C)C(C)(C)C)Cc4cc(-c5cnn(C)c5)ccc43)nn2C2CCOC2)C1. The van der Waals surface area contributed by atoms with Crippen LogP contribution in [0.25, 0.3) is 11.1 Å². The highest BCUT2D eigenvalue weighted by Gasteiger charge is 2.42. The van der Waals surface area contributed by atoms with Gasteiger partial charge in [0.1, 0.15) is 0 Å². The summed E-state index contributed by atoms with van der Waals surface area (Å²) in [6, 6.07) is 6.96. The van der Waals surface area contributed by atoms with Gasteiger partial charge in [0.2, 0.25) is 5.91 Å². The van der Waals surface area contributed by atoms with Crippen molar-refractivity contribution in [2.24, 2.45) is 7.05 Å². The minimum Gasteiger partial charge on any atom is -0.412 e. The number of anilines is 2. The Morgan fingerprint density at radius 3 is 2.66 bits per heavy atom. The molecule has 1 saturated heterocycles. The number of carbonyl (C=O) groups excluding carboxylic acids is 1. The normalized spacial score (nSPS) is 21.2. The first-order valence-electron chi connectivity index (χ1n) is 14.9. The summed E-state index contributed by atoms with van der Waals surface area (Å²) < 4.78 is 16.9. The second-order valence-electron chi connectivity index (χ2n) is 13.5. The van der Waals surface area contributed by atoms with Crippen LogP contribution in [0.2, 0.25) is 18.1 Å². The Balaban J connectivity index is 1.45. The predicted molar refractivity (Wildman–Crippen MR) is 163 cm³/mol. The third-order valence-corrected chi connectivity index (χ3v) is 14.1. The lowest BCUT2D eigenvalue weighted by atomic mass is 9.95. The Morgan fingerprint density at radius 2 is 2.00 bits per heavy atom. The van der Waals surface area contributed by atoms with Gasteiger partial charge in [0, 0.05) is 68.7 Å². The molecule has 3 aliphatic rings. The van der Waals surface area contributed by atoms with Gasteiger partial charge < -0.3 is 19.0 Å². The zero-order chi connectivity index (χ0) is 29.1. The van der Waals surface area contributed by atoms with Crippen molar-refractivity contribution in [3.63, 3.8) is 0 Å². The zero-order valence-electron chi connectivity index (χ0n) is 25.6. The molecular formula is C31H44N6O3Si. The molecule has 2 atom stereocenters. The Bertz CT molecular complexity index is 1450. The van der Waals surface area contributed by atoms with Crippen LogP contribution in [-0.2, 0) is 40.4 Å². The van der Waals surface area contributed by atoms with Crippen LogP contribution >= 0.6 is 0 Å². The average Bonchev–Trinajstić information content (AvgIpc) is 3.66. The number of rotatable bonds is 5. The van der Waals surface area contributed by atoms with E-state index in [9.17, 15) is 4.79 Å². The van der Waals surface area contributed by atoms with Gasteiger partial charge in [-0.25, -0.2) is 0 Å². The molecule has 41 heavy (non-hydrogen) atoms. The summed E-state index contributed by atoms with van der Waals surface area (Å²) in [5, 5.41) is 9.83. The molecule has 3 aliphatic heterocycles. The van der Waals surface area contributed by atoms with Crippen LogP contribution < -0.4 is 4.90 Å². The number of nitrogens with zero attached hydrogens (tertiary/aromatic N) is 6. The van der Waals surface area contributed by atoms with Crippen molar-refractivity contribution in [3.8, 4) is 11.1 Å². The molecular weight excluding hydrogens is 532 g/mol. The number of hydrogen-bond donors (Lipinski definition) is 0. The molecule has 1 fully saturated rings. The Morgan fingerprint density at radius 1 is 1.20 bits per heavy atom. The van der Waals surface area contributed by atoms with E-state index in [1.807, 2.05) is 22.8 Å².